The van der Waals surface area contributed by atoms with E-state index in [9.17, 15) is 19.5 Å². The first kappa shape index (κ1) is 20.3. The van der Waals surface area contributed by atoms with Gasteiger partial charge in [-0.05, 0) is 39.0 Å². The summed E-state index contributed by atoms with van der Waals surface area (Å²) in [5.41, 5.74) is 0.192. The van der Waals surface area contributed by atoms with Crippen LogP contribution in [0.15, 0.2) is 56.5 Å². The van der Waals surface area contributed by atoms with E-state index in [0.717, 1.165) is 0 Å². The number of carbonyl (C=O) groups is 1. The van der Waals surface area contributed by atoms with Gasteiger partial charge >= 0.3 is 11.6 Å². The molecule has 4 rings (SSSR count). The summed E-state index contributed by atoms with van der Waals surface area (Å²) in [4.78, 5) is 37.5. The van der Waals surface area contributed by atoms with Gasteiger partial charge in [-0.1, -0.05) is 18.2 Å². The smallest absolute Gasteiger partial charge is 0.359 e. The minimum absolute atomic E-state index is 0.00333. The average molecular weight is 420 g/mol. The van der Waals surface area contributed by atoms with Gasteiger partial charge in [0.1, 0.15) is 17.9 Å². The van der Waals surface area contributed by atoms with Crippen molar-refractivity contribution < 1.29 is 19.1 Å². The number of hydrogen-bond acceptors (Lipinski definition) is 7. The number of aromatic nitrogens is 2. The molecule has 2 aromatic heterocycles. The van der Waals surface area contributed by atoms with E-state index >= 15 is 0 Å². The van der Waals surface area contributed by atoms with Gasteiger partial charge in [-0.2, -0.15) is 5.10 Å². The van der Waals surface area contributed by atoms with Crippen LogP contribution >= 0.6 is 0 Å². The predicted molar refractivity (Wildman–Crippen MR) is 114 cm³/mol. The van der Waals surface area contributed by atoms with Gasteiger partial charge in [0.2, 0.25) is 0 Å². The fourth-order valence-corrected chi connectivity index (χ4v) is 3.45. The molecule has 0 bridgehead atoms. The normalized spacial score (nSPS) is 11.4. The molecular weight excluding hydrogens is 400 g/mol. The molecule has 0 aliphatic heterocycles. The molecule has 0 aliphatic carbocycles. The number of benzene rings is 2. The Morgan fingerprint density at radius 2 is 1.84 bits per heavy atom. The van der Waals surface area contributed by atoms with Crippen LogP contribution in [0, 0.1) is 6.92 Å². The molecule has 0 saturated carbocycles. The molecule has 31 heavy (non-hydrogen) atoms. The van der Waals surface area contributed by atoms with Gasteiger partial charge in [-0.3, -0.25) is 4.79 Å². The summed E-state index contributed by atoms with van der Waals surface area (Å²) in [6, 6.07) is 10.8. The fraction of sp³-hybridized carbons (Fsp3) is 0.217. The standard InChI is InChI=1S/C23H20N2O6/c1-12(2)25-22(28)17-7-5-4-6-16(17)20(24-25)23(29)30-11-14-10-19(27)31-21-13(3)18(26)9-8-15(14)21/h4-10,12,26H,11H2,1-3H3. The molecule has 0 amide bonds. The number of aryl methyl sites for hydroxylation is 1. The first-order valence-electron chi connectivity index (χ1n) is 9.72. The summed E-state index contributed by atoms with van der Waals surface area (Å²) in [6.45, 7) is 5.01. The van der Waals surface area contributed by atoms with Crippen molar-refractivity contribution in [1.82, 2.24) is 9.78 Å². The van der Waals surface area contributed by atoms with Crippen LogP contribution in [0.1, 0.15) is 41.5 Å². The van der Waals surface area contributed by atoms with Crippen molar-refractivity contribution in [1.29, 1.82) is 0 Å². The molecule has 8 nitrogen and oxygen atoms in total. The molecule has 2 heterocycles. The van der Waals surface area contributed by atoms with E-state index in [4.69, 9.17) is 9.15 Å². The van der Waals surface area contributed by atoms with Crippen LogP contribution in [-0.2, 0) is 11.3 Å². The second kappa shape index (κ2) is 7.71. The Balaban J connectivity index is 1.75. The van der Waals surface area contributed by atoms with Crippen LogP contribution in [0.3, 0.4) is 0 Å². The summed E-state index contributed by atoms with van der Waals surface area (Å²) in [6.07, 6.45) is 0. The number of esters is 1. The second-order valence-corrected chi connectivity index (χ2v) is 7.49. The van der Waals surface area contributed by atoms with Gasteiger partial charge < -0.3 is 14.3 Å². The number of ether oxygens (including phenoxy) is 1. The van der Waals surface area contributed by atoms with Gasteiger partial charge in [0.25, 0.3) is 5.56 Å². The Morgan fingerprint density at radius 3 is 2.55 bits per heavy atom. The number of aromatic hydroxyl groups is 1. The number of phenolic OH excluding ortho intramolecular Hbond substituents is 1. The molecule has 8 heteroatoms. The molecule has 0 spiro atoms. The van der Waals surface area contributed by atoms with Crippen LogP contribution < -0.4 is 11.2 Å². The van der Waals surface area contributed by atoms with Crippen molar-refractivity contribution in [2.45, 2.75) is 33.4 Å². The summed E-state index contributed by atoms with van der Waals surface area (Å²) < 4.78 is 11.9. The SMILES string of the molecule is Cc1c(O)ccc2c(COC(=O)c3nn(C(C)C)c(=O)c4ccccc34)cc(=O)oc12. The van der Waals surface area contributed by atoms with E-state index in [-0.39, 0.29) is 35.2 Å². The number of rotatable bonds is 4. The number of carbonyl (C=O) groups excluding carboxylic acids is 1. The lowest BCUT2D eigenvalue weighted by Crippen LogP contribution is -2.27. The number of nitrogens with zero attached hydrogens (tertiary/aromatic N) is 2. The van der Waals surface area contributed by atoms with Gasteiger partial charge in [-0.15, -0.1) is 0 Å². The molecule has 0 fully saturated rings. The summed E-state index contributed by atoms with van der Waals surface area (Å²) in [5.74, 6) is -0.723. The highest BCUT2D eigenvalue weighted by Gasteiger charge is 2.20. The average Bonchev–Trinajstić information content (AvgIpc) is 2.75. The molecule has 0 saturated heterocycles. The van der Waals surface area contributed by atoms with E-state index in [1.807, 2.05) is 0 Å². The number of fused-ring (bicyclic) bond motifs is 2. The molecular formula is C23H20N2O6. The van der Waals surface area contributed by atoms with Crippen molar-refractivity contribution in [3.05, 3.63) is 80.1 Å². The fourth-order valence-electron chi connectivity index (χ4n) is 3.45. The number of phenols is 1. The van der Waals surface area contributed by atoms with Crippen LogP contribution in [0.5, 0.6) is 5.75 Å². The molecule has 0 atom stereocenters. The lowest BCUT2D eigenvalue weighted by atomic mass is 10.1. The maximum Gasteiger partial charge on any atom is 0.359 e. The van der Waals surface area contributed by atoms with E-state index in [1.165, 1.54) is 16.8 Å². The Kier molecular flexibility index (Phi) is 5.06. The van der Waals surface area contributed by atoms with Crippen LogP contribution in [-0.4, -0.2) is 20.9 Å². The maximum atomic E-state index is 12.9. The zero-order valence-corrected chi connectivity index (χ0v) is 17.2. The first-order valence-corrected chi connectivity index (χ1v) is 9.72. The maximum absolute atomic E-state index is 12.9. The van der Waals surface area contributed by atoms with Crippen molar-refractivity contribution in [3.8, 4) is 5.75 Å². The minimum atomic E-state index is -0.720. The summed E-state index contributed by atoms with van der Waals surface area (Å²) in [5, 5.41) is 15.4. The first-order chi connectivity index (χ1) is 14.8. The lowest BCUT2D eigenvalue weighted by molar-refractivity contribution is 0.0466. The van der Waals surface area contributed by atoms with Crippen LogP contribution in [0.4, 0.5) is 0 Å². The van der Waals surface area contributed by atoms with Crippen molar-refractivity contribution in [2.75, 3.05) is 0 Å². The van der Waals surface area contributed by atoms with E-state index in [2.05, 4.69) is 5.10 Å². The quantitative estimate of drug-likeness (QED) is 0.397. The highest BCUT2D eigenvalue weighted by atomic mass is 16.5. The van der Waals surface area contributed by atoms with Crippen molar-refractivity contribution in [2.24, 2.45) is 0 Å². The summed E-state index contributed by atoms with van der Waals surface area (Å²) >= 11 is 0. The van der Waals surface area contributed by atoms with Gasteiger partial charge in [0.05, 0.1) is 11.4 Å². The summed E-state index contributed by atoms with van der Waals surface area (Å²) in [7, 11) is 0. The highest BCUT2D eigenvalue weighted by Crippen LogP contribution is 2.28. The van der Waals surface area contributed by atoms with E-state index in [0.29, 0.717) is 27.3 Å². The largest absolute Gasteiger partial charge is 0.508 e. The minimum Gasteiger partial charge on any atom is -0.508 e. The van der Waals surface area contributed by atoms with Crippen molar-refractivity contribution in [3.63, 3.8) is 0 Å². The third kappa shape index (κ3) is 3.56. The molecule has 0 unspecified atom stereocenters. The zero-order chi connectivity index (χ0) is 22.3. The topological polar surface area (TPSA) is 112 Å². The van der Waals surface area contributed by atoms with Crippen LogP contribution in [0.2, 0.25) is 0 Å². The third-order valence-corrected chi connectivity index (χ3v) is 5.09. The Labute approximate surface area is 176 Å². The van der Waals surface area contributed by atoms with Gasteiger partial charge in [-0.25, -0.2) is 14.3 Å². The second-order valence-electron chi connectivity index (χ2n) is 7.49. The zero-order valence-electron chi connectivity index (χ0n) is 17.2. The van der Waals surface area contributed by atoms with Crippen molar-refractivity contribution >= 4 is 27.7 Å². The molecule has 4 aromatic rings. The Morgan fingerprint density at radius 1 is 1.13 bits per heavy atom. The molecule has 1 N–H and O–H groups in total. The molecule has 158 valence electrons. The van der Waals surface area contributed by atoms with E-state index in [1.54, 1.807) is 51.1 Å². The third-order valence-electron chi connectivity index (χ3n) is 5.09. The van der Waals surface area contributed by atoms with Crippen LogP contribution in [0.25, 0.3) is 21.7 Å². The molecule has 2 aromatic carbocycles. The van der Waals surface area contributed by atoms with E-state index < -0.39 is 11.6 Å². The number of hydrogen-bond donors (Lipinski definition) is 1. The Bertz CT molecular complexity index is 1450. The lowest BCUT2D eigenvalue weighted by Gasteiger charge is -2.13. The molecule has 0 radical (unpaired) electrons. The monoisotopic (exact) mass is 420 g/mol. The molecule has 0 aliphatic rings. The Hall–Kier alpha value is -3.94. The predicted octanol–water partition coefficient (Wildman–Crippen LogP) is 3.45. The van der Waals surface area contributed by atoms with Gasteiger partial charge in [0.15, 0.2) is 5.69 Å². The highest BCUT2D eigenvalue weighted by molar-refractivity contribution is 6.02. The van der Waals surface area contributed by atoms with Gasteiger partial charge in [0, 0.05) is 28.0 Å².